The Kier molecular flexibility index (Phi) is 4.76. The van der Waals surface area contributed by atoms with Crippen LogP contribution >= 0.6 is 11.3 Å². The molecule has 1 aliphatic rings. The summed E-state index contributed by atoms with van der Waals surface area (Å²) in [7, 11) is 0. The number of nitrogens with zero attached hydrogens (tertiary/aromatic N) is 2. The number of carbonyl (C=O) groups is 1. The number of nitrogen functional groups attached to an aromatic ring is 1. The monoisotopic (exact) mass is 310 g/mol. The Labute approximate surface area is 130 Å². The van der Waals surface area contributed by atoms with E-state index in [1.165, 1.54) is 11.3 Å². The highest BCUT2D eigenvalue weighted by atomic mass is 32.1. The fourth-order valence-corrected chi connectivity index (χ4v) is 3.56. The second-order valence-corrected chi connectivity index (χ2v) is 7.84. The molecule has 1 aromatic heterocycles. The van der Waals surface area contributed by atoms with E-state index < -0.39 is 0 Å². The summed E-state index contributed by atoms with van der Waals surface area (Å²) < 4.78 is 0. The van der Waals surface area contributed by atoms with Gasteiger partial charge in [0.05, 0.1) is 0 Å². The number of hydrogen-bond donors (Lipinski definition) is 2. The van der Waals surface area contributed by atoms with Crippen molar-refractivity contribution in [3.63, 3.8) is 0 Å². The van der Waals surface area contributed by atoms with Crippen molar-refractivity contribution in [1.29, 1.82) is 0 Å². The van der Waals surface area contributed by atoms with Crippen LogP contribution in [0.5, 0.6) is 0 Å². The maximum atomic E-state index is 12.7. The SMILES string of the molecule is CC(C)Nc1nc(N)c(C(=O)N2CCCC(C)(C)CC2)s1. The molecule has 1 aromatic rings. The number of rotatable bonds is 3. The Bertz CT molecular complexity index is 510. The summed E-state index contributed by atoms with van der Waals surface area (Å²) in [5.74, 6) is 0.371. The van der Waals surface area contributed by atoms with Crippen LogP contribution in [0.2, 0.25) is 0 Å². The van der Waals surface area contributed by atoms with Gasteiger partial charge in [-0.15, -0.1) is 0 Å². The quantitative estimate of drug-likeness (QED) is 0.899. The van der Waals surface area contributed by atoms with Crippen LogP contribution in [0.25, 0.3) is 0 Å². The topological polar surface area (TPSA) is 71.2 Å². The van der Waals surface area contributed by atoms with Crippen LogP contribution in [0, 0.1) is 5.41 Å². The molecular weight excluding hydrogens is 284 g/mol. The molecule has 0 spiro atoms. The summed E-state index contributed by atoms with van der Waals surface area (Å²) in [6.45, 7) is 10.2. The zero-order valence-corrected chi connectivity index (χ0v) is 14.2. The van der Waals surface area contributed by atoms with Gasteiger partial charge in [0.2, 0.25) is 0 Å². The number of hydrogen-bond acceptors (Lipinski definition) is 5. The summed E-state index contributed by atoms with van der Waals surface area (Å²) >= 11 is 1.36. The van der Waals surface area contributed by atoms with Gasteiger partial charge in [0.1, 0.15) is 10.7 Å². The number of carbonyl (C=O) groups excluding carboxylic acids is 1. The number of anilines is 2. The van der Waals surface area contributed by atoms with Gasteiger partial charge in [0.25, 0.3) is 5.91 Å². The Balaban J connectivity index is 2.11. The van der Waals surface area contributed by atoms with Crippen LogP contribution in [0.15, 0.2) is 0 Å². The van der Waals surface area contributed by atoms with E-state index in [0.717, 1.165) is 37.5 Å². The zero-order valence-electron chi connectivity index (χ0n) is 13.4. The summed E-state index contributed by atoms with van der Waals surface area (Å²) in [5, 5.41) is 3.93. The Morgan fingerprint density at radius 3 is 2.76 bits per heavy atom. The van der Waals surface area contributed by atoms with Crippen molar-refractivity contribution < 1.29 is 4.79 Å². The lowest BCUT2D eigenvalue weighted by molar-refractivity contribution is 0.0763. The van der Waals surface area contributed by atoms with E-state index >= 15 is 0 Å². The van der Waals surface area contributed by atoms with Gasteiger partial charge in [-0.3, -0.25) is 4.79 Å². The van der Waals surface area contributed by atoms with Crippen molar-refractivity contribution in [1.82, 2.24) is 9.88 Å². The van der Waals surface area contributed by atoms with Crippen molar-refractivity contribution >= 4 is 28.2 Å². The summed E-state index contributed by atoms with van der Waals surface area (Å²) in [5.41, 5.74) is 6.25. The maximum absolute atomic E-state index is 12.7. The summed E-state index contributed by atoms with van der Waals surface area (Å²) in [4.78, 5) is 19.4. The van der Waals surface area contributed by atoms with Gasteiger partial charge in [0, 0.05) is 19.1 Å². The number of nitrogens with one attached hydrogen (secondary N) is 1. The molecule has 1 fully saturated rings. The average Bonchev–Trinajstić information content (AvgIpc) is 2.61. The number of nitrogens with two attached hydrogens (primary N) is 1. The molecule has 0 unspecified atom stereocenters. The number of likely N-dealkylation sites (tertiary alicyclic amines) is 1. The molecule has 21 heavy (non-hydrogen) atoms. The Morgan fingerprint density at radius 2 is 2.10 bits per heavy atom. The fraction of sp³-hybridized carbons (Fsp3) is 0.733. The molecule has 1 saturated heterocycles. The number of thiazole rings is 1. The van der Waals surface area contributed by atoms with Crippen LogP contribution in [0.4, 0.5) is 10.9 Å². The molecule has 0 bridgehead atoms. The van der Waals surface area contributed by atoms with E-state index in [9.17, 15) is 4.79 Å². The number of aromatic nitrogens is 1. The maximum Gasteiger partial charge on any atom is 0.267 e. The van der Waals surface area contributed by atoms with E-state index in [1.54, 1.807) is 0 Å². The largest absolute Gasteiger partial charge is 0.382 e. The molecule has 0 aliphatic carbocycles. The molecule has 5 nitrogen and oxygen atoms in total. The highest BCUT2D eigenvalue weighted by molar-refractivity contribution is 7.18. The highest BCUT2D eigenvalue weighted by Gasteiger charge is 2.28. The van der Waals surface area contributed by atoms with E-state index in [1.807, 2.05) is 18.7 Å². The van der Waals surface area contributed by atoms with Gasteiger partial charge >= 0.3 is 0 Å². The van der Waals surface area contributed by atoms with Crippen LogP contribution in [-0.2, 0) is 0 Å². The first-order valence-electron chi connectivity index (χ1n) is 7.60. The first-order valence-corrected chi connectivity index (χ1v) is 8.42. The zero-order chi connectivity index (χ0) is 15.6. The van der Waals surface area contributed by atoms with Crippen molar-refractivity contribution in [3.05, 3.63) is 4.88 Å². The molecule has 0 atom stereocenters. The first-order chi connectivity index (χ1) is 9.78. The fourth-order valence-electron chi connectivity index (χ4n) is 2.56. The van der Waals surface area contributed by atoms with E-state index in [4.69, 9.17) is 5.73 Å². The molecule has 0 aromatic carbocycles. The van der Waals surface area contributed by atoms with Gasteiger partial charge in [-0.05, 0) is 38.5 Å². The molecule has 0 radical (unpaired) electrons. The minimum Gasteiger partial charge on any atom is -0.382 e. The Hall–Kier alpha value is -1.30. The van der Waals surface area contributed by atoms with E-state index in [-0.39, 0.29) is 11.9 Å². The van der Waals surface area contributed by atoms with Gasteiger partial charge in [-0.2, -0.15) is 0 Å². The lowest BCUT2D eigenvalue weighted by Crippen LogP contribution is -2.32. The van der Waals surface area contributed by atoms with E-state index in [0.29, 0.717) is 16.1 Å². The second-order valence-electron chi connectivity index (χ2n) is 6.84. The molecular formula is C15H26N4OS. The first kappa shape index (κ1) is 16.1. The molecule has 118 valence electrons. The van der Waals surface area contributed by atoms with Crippen LogP contribution in [-0.4, -0.2) is 34.9 Å². The van der Waals surface area contributed by atoms with Crippen molar-refractivity contribution in [3.8, 4) is 0 Å². The minimum atomic E-state index is 0.0273. The Morgan fingerprint density at radius 1 is 1.38 bits per heavy atom. The van der Waals surface area contributed by atoms with Gasteiger partial charge in [0.15, 0.2) is 5.13 Å². The van der Waals surface area contributed by atoms with Gasteiger partial charge < -0.3 is 16.0 Å². The molecule has 2 rings (SSSR count). The third-order valence-electron chi connectivity index (χ3n) is 3.89. The lowest BCUT2D eigenvalue weighted by atomic mass is 9.85. The third kappa shape index (κ3) is 4.09. The average molecular weight is 310 g/mol. The van der Waals surface area contributed by atoms with Gasteiger partial charge in [-0.25, -0.2) is 4.98 Å². The molecule has 2 heterocycles. The van der Waals surface area contributed by atoms with Crippen molar-refractivity contribution in [2.75, 3.05) is 24.1 Å². The normalized spacial score (nSPS) is 18.6. The van der Waals surface area contributed by atoms with E-state index in [2.05, 4.69) is 24.1 Å². The molecule has 6 heteroatoms. The van der Waals surface area contributed by atoms with Crippen LogP contribution in [0.3, 0.4) is 0 Å². The smallest absolute Gasteiger partial charge is 0.267 e. The molecule has 1 aliphatic heterocycles. The summed E-state index contributed by atoms with van der Waals surface area (Å²) in [6, 6.07) is 0.275. The van der Waals surface area contributed by atoms with Crippen molar-refractivity contribution in [2.45, 2.75) is 53.0 Å². The standard InChI is InChI=1S/C15H26N4OS/c1-10(2)17-14-18-12(16)11(21-14)13(20)19-8-5-6-15(3,4)7-9-19/h10H,5-9,16H2,1-4H3,(H,17,18). The lowest BCUT2D eigenvalue weighted by Gasteiger charge is -2.23. The predicted molar refractivity (Wildman–Crippen MR) is 88.8 cm³/mol. The molecule has 3 N–H and O–H groups in total. The molecule has 0 saturated carbocycles. The van der Waals surface area contributed by atoms with Crippen LogP contribution < -0.4 is 11.1 Å². The highest BCUT2D eigenvalue weighted by Crippen LogP contribution is 2.32. The minimum absolute atomic E-state index is 0.0273. The summed E-state index contributed by atoms with van der Waals surface area (Å²) in [6.07, 6.45) is 3.25. The van der Waals surface area contributed by atoms with Crippen molar-refractivity contribution in [2.24, 2.45) is 5.41 Å². The second kappa shape index (κ2) is 6.22. The number of amides is 1. The third-order valence-corrected chi connectivity index (χ3v) is 4.88. The van der Waals surface area contributed by atoms with Crippen LogP contribution in [0.1, 0.15) is 56.6 Å². The molecule has 1 amide bonds. The predicted octanol–water partition coefficient (Wildman–Crippen LogP) is 3.20. The van der Waals surface area contributed by atoms with Gasteiger partial charge in [-0.1, -0.05) is 25.2 Å².